The van der Waals surface area contributed by atoms with Gasteiger partial charge in [-0.25, -0.2) is 0 Å². The summed E-state index contributed by atoms with van der Waals surface area (Å²) in [6.45, 7) is 6.81. The summed E-state index contributed by atoms with van der Waals surface area (Å²) in [7, 11) is 0. The molecular weight excluding hydrogens is 392 g/mol. The van der Waals surface area contributed by atoms with Crippen LogP contribution in [0.5, 0.6) is 0 Å². The third-order valence-electron chi connectivity index (χ3n) is 5.79. The molecule has 2 N–H and O–H groups in total. The second-order valence-electron chi connectivity index (χ2n) is 7.87. The number of rotatable bonds is 5. The summed E-state index contributed by atoms with van der Waals surface area (Å²) in [5, 5.41) is 17.7. The molecule has 2 aliphatic rings. The second-order valence-corrected chi connectivity index (χ2v) is 9.27. The van der Waals surface area contributed by atoms with E-state index in [2.05, 4.69) is 10.6 Å². The van der Waals surface area contributed by atoms with Crippen LogP contribution >= 0.6 is 11.8 Å². The molecule has 0 radical (unpaired) electrons. The van der Waals surface area contributed by atoms with Crippen LogP contribution in [-0.4, -0.2) is 57.4 Å². The zero-order chi connectivity index (χ0) is 21.2. The summed E-state index contributed by atoms with van der Waals surface area (Å²) >= 11 is 1.76. The highest BCUT2D eigenvalue weighted by Gasteiger charge is 2.44. The zero-order valence-corrected chi connectivity index (χ0v) is 17.9. The molecule has 8 nitrogen and oxygen atoms in total. The van der Waals surface area contributed by atoms with Crippen molar-refractivity contribution in [1.82, 2.24) is 15.5 Å². The third-order valence-corrected chi connectivity index (χ3v) is 7.37. The van der Waals surface area contributed by atoms with Crippen LogP contribution < -0.4 is 10.6 Å². The van der Waals surface area contributed by atoms with E-state index < -0.39 is 4.92 Å². The van der Waals surface area contributed by atoms with Crippen molar-refractivity contribution in [3.05, 3.63) is 39.4 Å². The van der Waals surface area contributed by atoms with Crippen LogP contribution in [0, 0.1) is 17.0 Å². The van der Waals surface area contributed by atoms with Crippen molar-refractivity contribution in [2.45, 2.75) is 57.0 Å². The molecule has 0 saturated carbocycles. The number of benzene rings is 1. The van der Waals surface area contributed by atoms with Gasteiger partial charge in [-0.1, -0.05) is 13.0 Å². The highest BCUT2D eigenvalue weighted by molar-refractivity contribution is 8.01. The molecule has 3 rings (SSSR count). The molecule has 0 bridgehead atoms. The van der Waals surface area contributed by atoms with Gasteiger partial charge in [-0.2, -0.15) is 0 Å². The smallest absolute Gasteiger partial charge is 0.273 e. The molecular formula is C20H28N4O4S. The molecule has 0 aliphatic carbocycles. The average molecular weight is 421 g/mol. The molecule has 2 amide bonds. The van der Waals surface area contributed by atoms with E-state index in [-0.39, 0.29) is 34.5 Å². The fourth-order valence-corrected chi connectivity index (χ4v) is 5.13. The molecule has 1 aromatic rings. The average Bonchev–Trinajstić information content (AvgIpc) is 3.12. The first-order valence-corrected chi connectivity index (χ1v) is 11.0. The molecule has 2 saturated heterocycles. The maximum Gasteiger partial charge on any atom is 0.273 e. The van der Waals surface area contributed by atoms with Crippen molar-refractivity contribution in [2.75, 3.05) is 18.8 Å². The van der Waals surface area contributed by atoms with Gasteiger partial charge in [0.1, 0.15) is 0 Å². The van der Waals surface area contributed by atoms with E-state index in [0.717, 1.165) is 25.0 Å². The molecule has 2 fully saturated rings. The standard InChI is InChI=1S/C20H28N4O4S/c1-4-14(3)21-18(25)16-12-29-20(22-16)7-9-23(10-8-20)19(26)15-6-5-13(2)17(11-15)24(27)28/h5-6,11,14,16,22H,4,7-10,12H2,1-3H3,(H,21,25)/t14-,16+/m0/s1. The van der Waals surface area contributed by atoms with Crippen molar-refractivity contribution in [3.63, 3.8) is 0 Å². The molecule has 2 atom stereocenters. The molecule has 0 unspecified atom stereocenters. The summed E-state index contributed by atoms with van der Waals surface area (Å²) in [6.07, 6.45) is 2.37. The van der Waals surface area contributed by atoms with Crippen LogP contribution in [0.3, 0.4) is 0 Å². The Morgan fingerprint density at radius 3 is 2.72 bits per heavy atom. The molecule has 2 aliphatic heterocycles. The first-order valence-electron chi connectivity index (χ1n) is 10.0. The Morgan fingerprint density at radius 2 is 2.10 bits per heavy atom. The Labute approximate surface area is 174 Å². The van der Waals surface area contributed by atoms with Crippen LogP contribution in [0.15, 0.2) is 18.2 Å². The van der Waals surface area contributed by atoms with E-state index in [1.165, 1.54) is 6.07 Å². The zero-order valence-electron chi connectivity index (χ0n) is 17.1. The summed E-state index contributed by atoms with van der Waals surface area (Å²) in [6, 6.07) is 4.57. The van der Waals surface area contributed by atoms with E-state index in [4.69, 9.17) is 0 Å². The van der Waals surface area contributed by atoms with Gasteiger partial charge in [0.2, 0.25) is 5.91 Å². The SMILES string of the molecule is CC[C@H](C)NC(=O)[C@H]1CSC2(CCN(C(=O)c3ccc(C)c([N+](=O)[O-])c3)CC2)N1. The molecule has 158 valence electrons. The van der Waals surface area contributed by atoms with E-state index in [0.29, 0.717) is 24.2 Å². The van der Waals surface area contributed by atoms with Crippen molar-refractivity contribution >= 4 is 29.3 Å². The number of hydrogen-bond acceptors (Lipinski definition) is 6. The summed E-state index contributed by atoms with van der Waals surface area (Å²) < 4.78 is 0. The van der Waals surface area contributed by atoms with E-state index in [9.17, 15) is 19.7 Å². The number of nitrogens with one attached hydrogen (secondary N) is 2. The van der Waals surface area contributed by atoms with E-state index in [1.54, 1.807) is 35.7 Å². The fraction of sp³-hybridized carbons (Fsp3) is 0.600. The number of nitro groups is 1. The second kappa shape index (κ2) is 8.71. The van der Waals surface area contributed by atoms with Crippen LogP contribution in [-0.2, 0) is 4.79 Å². The number of nitro benzene ring substituents is 1. The van der Waals surface area contributed by atoms with Crippen molar-refractivity contribution < 1.29 is 14.5 Å². The predicted octanol–water partition coefficient (Wildman–Crippen LogP) is 2.46. The lowest BCUT2D eigenvalue weighted by Crippen LogP contribution is -2.55. The maximum absolute atomic E-state index is 12.8. The number of nitrogens with zero attached hydrogens (tertiary/aromatic N) is 2. The number of aryl methyl sites for hydroxylation is 1. The van der Waals surface area contributed by atoms with Crippen LogP contribution in [0.4, 0.5) is 5.69 Å². The Bertz CT molecular complexity index is 808. The molecule has 9 heteroatoms. The van der Waals surface area contributed by atoms with Crippen LogP contribution in [0.1, 0.15) is 49.0 Å². The fourth-order valence-electron chi connectivity index (χ4n) is 3.71. The van der Waals surface area contributed by atoms with Crippen molar-refractivity contribution in [3.8, 4) is 0 Å². The Balaban J connectivity index is 1.59. The number of hydrogen-bond donors (Lipinski definition) is 2. The summed E-state index contributed by atoms with van der Waals surface area (Å²) in [5.74, 6) is 0.576. The number of carbonyl (C=O) groups excluding carboxylic acids is 2. The number of thioether (sulfide) groups is 1. The van der Waals surface area contributed by atoms with Crippen LogP contribution in [0.25, 0.3) is 0 Å². The first-order chi connectivity index (χ1) is 13.7. The molecule has 29 heavy (non-hydrogen) atoms. The Hall–Kier alpha value is -2.13. The quantitative estimate of drug-likeness (QED) is 0.560. The first kappa shape index (κ1) is 21.6. The van der Waals surface area contributed by atoms with Gasteiger partial charge in [0.15, 0.2) is 0 Å². The lowest BCUT2D eigenvalue weighted by atomic mass is 10.0. The normalized spacial score (nSPS) is 21.8. The lowest BCUT2D eigenvalue weighted by Gasteiger charge is -2.39. The third kappa shape index (κ3) is 4.72. The van der Waals surface area contributed by atoms with Gasteiger partial charge in [-0.05, 0) is 39.2 Å². The van der Waals surface area contributed by atoms with E-state index in [1.807, 2.05) is 13.8 Å². The topological polar surface area (TPSA) is 105 Å². The van der Waals surface area contributed by atoms with Gasteiger partial charge in [-0.15, -0.1) is 11.8 Å². The minimum absolute atomic E-state index is 0.0347. The van der Waals surface area contributed by atoms with Gasteiger partial charge < -0.3 is 10.2 Å². The molecule has 1 aromatic carbocycles. The van der Waals surface area contributed by atoms with Crippen molar-refractivity contribution in [1.29, 1.82) is 0 Å². The summed E-state index contributed by atoms with van der Waals surface area (Å²) in [4.78, 5) is 37.5. The predicted molar refractivity (Wildman–Crippen MR) is 113 cm³/mol. The van der Waals surface area contributed by atoms with E-state index >= 15 is 0 Å². The number of piperidine rings is 1. The number of likely N-dealkylation sites (tertiary alicyclic amines) is 1. The van der Waals surface area contributed by atoms with Crippen molar-refractivity contribution in [2.24, 2.45) is 0 Å². The van der Waals surface area contributed by atoms with Crippen LogP contribution in [0.2, 0.25) is 0 Å². The lowest BCUT2D eigenvalue weighted by molar-refractivity contribution is -0.385. The molecule has 0 aromatic heterocycles. The Morgan fingerprint density at radius 1 is 1.41 bits per heavy atom. The summed E-state index contributed by atoms with van der Waals surface area (Å²) in [5.41, 5.74) is 0.848. The monoisotopic (exact) mass is 420 g/mol. The number of carbonyl (C=O) groups is 2. The molecule has 2 heterocycles. The van der Waals surface area contributed by atoms with Gasteiger partial charge in [0, 0.05) is 42.1 Å². The minimum Gasteiger partial charge on any atom is -0.352 e. The highest BCUT2D eigenvalue weighted by Crippen LogP contribution is 2.39. The minimum atomic E-state index is -0.457. The van der Waals surface area contributed by atoms with Gasteiger partial charge in [0.25, 0.3) is 11.6 Å². The Kier molecular flexibility index (Phi) is 6.48. The number of amides is 2. The molecule has 1 spiro atoms. The van der Waals surface area contributed by atoms with Gasteiger partial charge in [0.05, 0.1) is 15.8 Å². The largest absolute Gasteiger partial charge is 0.352 e. The van der Waals surface area contributed by atoms with Gasteiger partial charge >= 0.3 is 0 Å². The maximum atomic E-state index is 12.8. The van der Waals surface area contributed by atoms with Gasteiger partial charge in [-0.3, -0.25) is 25.0 Å². The highest BCUT2D eigenvalue weighted by atomic mass is 32.2.